The summed E-state index contributed by atoms with van der Waals surface area (Å²) in [6.07, 6.45) is 2.25. The Balaban J connectivity index is 1.62. The number of benzene rings is 1. The molecule has 0 unspecified atom stereocenters. The third-order valence-electron chi connectivity index (χ3n) is 3.79. The van der Waals surface area contributed by atoms with Crippen LogP contribution in [0, 0.1) is 0 Å². The number of alkyl halides is 3. The lowest BCUT2D eigenvalue weighted by molar-refractivity contribution is -0.137. The average Bonchev–Trinajstić information content (AvgIpc) is 2.47. The van der Waals surface area contributed by atoms with Crippen molar-refractivity contribution in [3.8, 4) is 0 Å². The van der Waals surface area contributed by atoms with Crippen LogP contribution in [0.3, 0.4) is 0 Å². The normalized spacial score (nSPS) is 17.1. The van der Waals surface area contributed by atoms with Crippen LogP contribution in [0.25, 0.3) is 0 Å². The molecule has 0 aromatic heterocycles. The quantitative estimate of drug-likeness (QED) is 0.797. The highest BCUT2D eigenvalue weighted by molar-refractivity contribution is 5.24. The summed E-state index contributed by atoms with van der Waals surface area (Å²) < 4.78 is 43.0. The largest absolute Gasteiger partial charge is 0.416 e. The molecule has 2 nitrogen and oxygen atoms in total. The van der Waals surface area contributed by atoms with E-state index in [9.17, 15) is 13.2 Å². The van der Waals surface area contributed by atoms with E-state index < -0.39 is 11.7 Å². The van der Waals surface area contributed by atoms with Gasteiger partial charge in [0, 0.05) is 13.1 Å². The van der Waals surface area contributed by atoms with Crippen molar-refractivity contribution in [3.05, 3.63) is 35.4 Å². The fourth-order valence-corrected chi connectivity index (χ4v) is 2.57. The summed E-state index contributed by atoms with van der Waals surface area (Å²) in [4.78, 5) is 0. The fourth-order valence-electron chi connectivity index (χ4n) is 2.57. The van der Waals surface area contributed by atoms with E-state index >= 15 is 0 Å². The standard InChI is InChI=1S/C16H22F3NO/c17-16(18,19)14-8-6-13(7-9-14)12-20-10-11-21-15-4-2-1-3-5-15/h6-9,15,20H,1-5,10-12H2. The minimum Gasteiger partial charge on any atom is -0.377 e. The molecule has 0 spiro atoms. The molecule has 1 aliphatic carbocycles. The topological polar surface area (TPSA) is 21.3 Å². The van der Waals surface area contributed by atoms with Gasteiger partial charge in [-0.1, -0.05) is 31.4 Å². The van der Waals surface area contributed by atoms with E-state index in [1.807, 2.05) is 0 Å². The van der Waals surface area contributed by atoms with Crippen molar-refractivity contribution in [3.63, 3.8) is 0 Å². The maximum atomic E-state index is 12.4. The van der Waals surface area contributed by atoms with Crippen molar-refractivity contribution < 1.29 is 17.9 Å². The summed E-state index contributed by atoms with van der Waals surface area (Å²) in [5.41, 5.74) is 0.243. The Morgan fingerprint density at radius 1 is 1.05 bits per heavy atom. The maximum Gasteiger partial charge on any atom is 0.416 e. The molecule has 0 heterocycles. The Hall–Kier alpha value is -1.07. The van der Waals surface area contributed by atoms with Crippen LogP contribution in [-0.2, 0) is 17.5 Å². The highest BCUT2D eigenvalue weighted by Gasteiger charge is 2.29. The van der Waals surface area contributed by atoms with Crippen LogP contribution in [-0.4, -0.2) is 19.3 Å². The molecule has 0 amide bonds. The molecule has 118 valence electrons. The second-order valence-electron chi connectivity index (χ2n) is 5.50. The molecule has 0 aliphatic heterocycles. The van der Waals surface area contributed by atoms with Crippen LogP contribution in [0.5, 0.6) is 0 Å². The van der Waals surface area contributed by atoms with Gasteiger partial charge in [-0.15, -0.1) is 0 Å². The number of nitrogens with one attached hydrogen (secondary N) is 1. The lowest BCUT2D eigenvalue weighted by Crippen LogP contribution is -2.24. The van der Waals surface area contributed by atoms with E-state index in [4.69, 9.17) is 4.74 Å². The van der Waals surface area contributed by atoms with Gasteiger partial charge in [-0.05, 0) is 30.5 Å². The van der Waals surface area contributed by atoms with E-state index in [-0.39, 0.29) is 0 Å². The van der Waals surface area contributed by atoms with Crippen LogP contribution < -0.4 is 5.32 Å². The summed E-state index contributed by atoms with van der Waals surface area (Å²) in [5, 5.41) is 3.19. The van der Waals surface area contributed by atoms with Crippen molar-refractivity contribution >= 4 is 0 Å². The minimum absolute atomic E-state index is 0.395. The van der Waals surface area contributed by atoms with E-state index in [0.29, 0.717) is 19.3 Å². The highest BCUT2D eigenvalue weighted by atomic mass is 19.4. The second kappa shape index (κ2) is 7.80. The summed E-state index contributed by atoms with van der Waals surface area (Å²) >= 11 is 0. The summed E-state index contributed by atoms with van der Waals surface area (Å²) in [7, 11) is 0. The van der Waals surface area contributed by atoms with E-state index in [1.54, 1.807) is 0 Å². The summed E-state index contributed by atoms with van der Waals surface area (Å²) in [5.74, 6) is 0. The number of halogens is 3. The first-order valence-electron chi connectivity index (χ1n) is 7.54. The zero-order chi connectivity index (χ0) is 15.1. The van der Waals surface area contributed by atoms with Gasteiger partial charge in [-0.25, -0.2) is 0 Å². The monoisotopic (exact) mass is 301 g/mol. The van der Waals surface area contributed by atoms with Crippen LogP contribution in [0.2, 0.25) is 0 Å². The Morgan fingerprint density at radius 2 is 1.71 bits per heavy atom. The first-order valence-corrected chi connectivity index (χ1v) is 7.54. The lowest BCUT2D eigenvalue weighted by Gasteiger charge is -2.22. The molecule has 1 aliphatic rings. The Kier molecular flexibility index (Phi) is 6.06. The Morgan fingerprint density at radius 3 is 2.33 bits per heavy atom. The predicted molar refractivity (Wildman–Crippen MR) is 76.0 cm³/mol. The minimum atomic E-state index is -4.26. The second-order valence-corrected chi connectivity index (χ2v) is 5.50. The van der Waals surface area contributed by atoms with Gasteiger partial charge >= 0.3 is 6.18 Å². The summed E-state index contributed by atoms with van der Waals surface area (Å²) in [6.45, 7) is 1.94. The third kappa shape index (κ3) is 5.67. The molecule has 5 heteroatoms. The van der Waals surface area contributed by atoms with Crippen LogP contribution in [0.15, 0.2) is 24.3 Å². The molecule has 2 rings (SSSR count). The van der Waals surface area contributed by atoms with E-state index in [0.717, 1.165) is 37.1 Å². The van der Waals surface area contributed by atoms with Gasteiger partial charge in [-0.3, -0.25) is 0 Å². The molecular formula is C16H22F3NO. The molecule has 0 atom stereocenters. The Labute approximate surface area is 123 Å². The van der Waals surface area contributed by atoms with E-state index in [2.05, 4.69) is 5.32 Å². The Bertz CT molecular complexity index is 411. The van der Waals surface area contributed by atoms with Gasteiger partial charge in [0.2, 0.25) is 0 Å². The molecular weight excluding hydrogens is 279 g/mol. The zero-order valence-electron chi connectivity index (χ0n) is 12.1. The molecule has 1 N–H and O–H groups in total. The molecule has 0 radical (unpaired) electrons. The fraction of sp³-hybridized carbons (Fsp3) is 0.625. The summed E-state index contributed by atoms with van der Waals surface area (Å²) in [6, 6.07) is 5.26. The molecule has 1 aromatic carbocycles. The zero-order valence-corrected chi connectivity index (χ0v) is 12.1. The number of ether oxygens (including phenoxy) is 1. The van der Waals surface area contributed by atoms with Crippen LogP contribution >= 0.6 is 0 Å². The van der Waals surface area contributed by atoms with Crippen molar-refractivity contribution in [1.82, 2.24) is 5.32 Å². The van der Waals surface area contributed by atoms with Crippen molar-refractivity contribution in [2.75, 3.05) is 13.2 Å². The number of hydrogen-bond donors (Lipinski definition) is 1. The predicted octanol–water partition coefficient (Wildman–Crippen LogP) is 4.14. The van der Waals surface area contributed by atoms with Crippen LogP contribution in [0.4, 0.5) is 13.2 Å². The van der Waals surface area contributed by atoms with Gasteiger partial charge in [0.15, 0.2) is 0 Å². The molecule has 1 aromatic rings. The molecule has 1 fully saturated rings. The van der Waals surface area contributed by atoms with Crippen LogP contribution in [0.1, 0.15) is 43.2 Å². The van der Waals surface area contributed by atoms with Gasteiger partial charge in [-0.2, -0.15) is 13.2 Å². The van der Waals surface area contributed by atoms with Gasteiger partial charge in [0.1, 0.15) is 0 Å². The third-order valence-corrected chi connectivity index (χ3v) is 3.79. The first kappa shape index (κ1) is 16.3. The average molecular weight is 301 g/mol. The van der Waals surface area contributed by atoms with Gasteiger partial charge < -0.3 is 10.1 Å². The van der Waals surface area contributed by atoms with Gasteiger partial charge in [0.05, 0.1) is 18.3 Å². The SMILES string of the molecule is FC(F)(F)c1ccc(CNCCOC2CCCCC2)cc1. The molecule has 1 saturated carbocycles. The highest BCUT2D eigenvalue weighted by Crippen LogP contribution is 2.29. The maximum absolute atomic E-state index is 12.4. The van der Waals surface area contributed by atoms with Crippen molar-refractivity contribution in [2.24, 2.45) is 0 Å². The van der Waals surface area contributed by atoms with Crippen molar-refractivity contribution in [2.45, 2.75) is 50.9 Å². The number of rotatable bonds is 6. The first-order chi connectivity index (χ1) is 10.1. The van der Waals surface area contributed by atoms with E-state index in [1.165, 1.54) is 31.4 Å². The van der Waals surface area contributed by atoms with Gasteiger partial charge in [0.25, 0.3) is 0 Å². The molecule has 21 heavy (non-hydrogen) atoms. The lowest BCUT2D eigenvalue weighted by atomic mass is 9.98. The number of hydrogen-bond acceptors (Lipinski definition) is 2. The smallest absolute Gasteiger partial charge is 0.377 e. The molecule has 0 bridgehead atoms. The van der Waals surface area contributed by atoms with Crippen molar-refractivity contribution in [1.29, 1.82) is 0 Å². The molecule has 0 saturated heterocycles.